The minimum atomic E-state index is -0.121. The van der Waals surface area contributed by atoms with E-state index >= 15 is 0 Å². The van der Waals surface area contributed by atoms with Crippen LogP contribution in [-0.4, -0.2) is 15.5 Å². The largest absolute Gasteiger partial charge is 0.365 e. The van der Waals surface area contributed by atoms with E-state index in [1.807, 2.05) is 24.3 Å². The zero-order valence-corrected chi connectivity index (χ0v) is 14.8. The molecule has 0 amide bonds. The average molecular weight is 352 g/mol. The molecule has 0 fully saturated rings. The van der Waals surface area contributed by atoms with Gasteiger partial charge in [0, 0.05) is 21.5 Å². The monoisotopic (exact) mass is 351 g/mol. The van der Waals surface area contributed by atoms with Gasteiger partial charge in [-0.15, -0.1) is 11.3 Å². The summed E-state index contributed by atoms with van der Waals surface area (Å²) in [6.07, 6.45) is 0. The van der Waals surface area contributed by atoms with Gasteiger partial charge in [0.25, 0.3) is 0 Å². The number of benzene rings is 1. The van der Waals surface area contributed by atoms with E-state index in [9.17, 15) is 0 Å². The smallest absolute Gasteiger partial charge is 0.225 e. The first kappa shape index (κ1) is 15.5. The third-order valence-electron chi connectivity index (χ3n) is 3.05. The van der Waals surface area contributed by atoms with E-state index in [0.29, 0.717) is 0 Å². The fourth-order valence-corrected chi connectivity index (χ4v) is 3.50. The third-order valence-corrected chi connectivity index (χ3v) is 4.35. The van der Waals surface area contributed by atoms with Gasteiger partial charge in [-0.05, 0) is 50.1 Å². The minimum Gasteiger partial charge on any atom is -0.365 e. The van der Waals surface area contributed by atoms with E-state index in [1.165, 1.54) is 0 Å². The summed E-state index contributed by atoms with van der Waals surface area (Å²) in [6, 6.07) is 7.76. The summed E-state index contributed by atoms with van der Waals surface area (Å²) in [5, 5.41) is 7.46. The first-order valence-electron chi connectivity index (χ1n) is 6.82. The van der Waals surface area contributed by atoms with Crippen molar-refractivity contribution in [2.75, 3.05) is 5.32 Å². The molecule has 2 aromatic heterocycles. The van der Waals surface area contributed by atoms with Gasteiger partial charge in [-0.2, -0.15) is 0 Å². The highest BCUT2D eigenvalue weighted by Crippen LogP contribution is 2.38. The molecule has 3 rings (SSSR count). The molecule has 0 atom stereocenters. The van der Waals surface area contributed by atoms with Gasteiger partial charge in [0.2, 0.25) is 5.28 Å². The number of anilines is 1. The lowest BCUT2D eigenvalue weighted by atomic mass is 10.0. The van der Waals surface area contributed by atoms with Gasteiger partial charge in [0.15, 0.2) is 0 Å². The Morgan fingerprint density at radius 1 is 1.05 bits per heavy atom. The Morgan fingerprint density at radius 3 is 2.36 bits per heavy atom. The first-order chi connectivity index (χ1) is 10.3. The van der Waals surface area contributed by atoms with E-state index in [-0.39, 0.29) is 10.8 Å². The molecule has 1 aromatic carbocycles. The number of aromatic nitrogens is 2. The first-order valence-corrected chi connectivity index (χ1v) is 8.46. The molecule has 2 heterocycles. The number of rotatable bonds is 2. The standard InChI is InChI=1S/C16H15Cl2N3S/c1-16(2,3)21-13-12-11(9-4-6-10(17)7-5-9)8-22-14(12)20-15(18)19-13/h4-8H,1-3H3,(H,19,20,21). The maximum atomic E-state index is 6.06. The van der Waals surface area contributed by atoms with Crippen LogP contribution in [0.15, 0.2) is 29.6 Å². The van der Waals surface area contributed by atoms with E-state index < -0.39 is 0 Å². The zero-order chi connectivity index (χ0) is 15.9. The molecule has 0 saturated carbocycles. The molecule has 0 aliphatic rings. The SMILES string of the molecule is CC(C)(C)Nc1nc(Cl)nc2scc(-c3ccc(Cl)cc3)c12. The quantitative estimate of drug-likeness (QED) is 0.586. The second-order valence-corrected chi connectivity index (χ2v) is 7.69. The van der Waals surface area contributed by atoms with E-state index in [1.54, 1.807) is 11.3 Å². The van der Waals surface area contributed by atoms with Crippen molar-refractivity contribution >= 4 is 50.6 Å². The van der Waals surface area contributed by atoms with Crippen LogP contribution in [0.1, 0.15) is 20.8 Å². The van der Waals surface area contributed by atoms with Crippen molar-refractivity contribution in [3.05, 3.63) is 40.0 Å². The molecule has 0 unspecified atom stereocenters. The molecule has 6 heteroatoms. The Morgan fingerprint density at radius 2 is 1.73 bits per heavy atom. The summed E-state index contributed by atoms with van der Waals surface area (Å²) in [7, 11) is 0. The number of halogens is 2. The minimum absolute atomic E-state index is 0.121. The second kappa shape index (κ2) is 5.69. The van der Waals surface area contributed by atoms with Crippen molar-refractivity contribution < 1.29 is 0 Å². The maximum Gasteiger partial charge on any atom is 0.225 e. The van der Waals surface area contributed by atoms with Crippen molar-refractivity contribution in [2.45, 2.75) is 26.3 Å². The highest BCUT2D eigenvalue weighted by Gasteiger charge is 2.18. The number of nitrogens with zero attached hydrogens (tertiary/aromatic N) is 2. The molecular formula is C16H15Cl2N3S. The van der Waals surface area contributed by atoms with Crippen LogP contribution in [0, 0.1) is 0 Å². The van der Waals surface area contributed by atoms with Crippen LogP contribution in [-0.2, 0) is 0 Å². The van der Waals surface area contributed by atoms with Gasteiger partial charge in [-0.25, -0.2) is 9.97 Å². The summed E-state index contributed by atoms with van der Waals surface area (Å²) >= 11 is 13.6. The van der Waals surface area contributed by atoms with Crippen LogP contribution in [0.2, 0.25) is 10.3 Å². The van der Waals surface area contributed by atoms with Gasteiger partial charge in [-0.1, -0.05) is 23.7 Å². The van der Waals surface area contributed by atoms with Crippen LogP contribution >= 0.6 is 34.5 Å². The molecule has 0 radical (unpaired) electrons. The van der Waals surface area contributed by atoms with Crippen LogP contribution < -0.4 is 5.32 Å². The predicted octanol–water partition coefficient (Wildman–Crippen LogP) is 5.88. The van der Waals surface area contributed by atoms with Crippen LogP contribution in [0.25, 0.3) is 21.3 Å². The number of thiophene rings is 1. The van der Waals surface area contributed by atoms with Crippen LogP contribution in [0.4, 0.5) is 5.82 Å². The van der Waals surface area contributed by atoms with E-state index in [0.717, 1.165) is 32.2 Å². The topological polar surface area (TPSA) is 37.8 Å². The zero-order valence-electron chi connectivity index (χ0n) is 12.4. The summed E-state index contributed by atoms with van der Waals surface area (Å²) < 4.78 is 0. The van der Waals surface area contributed by atoms with Gasteiger partial charge in [-0.3, -0.25) is 0 Å². The molecule has 0 aliphatic heterocycles. The van der Waals surface area contributed by atoms with Crippen LogP contribution in [0.5, 0.6) is 0 Å². The number of hydrogen-bond donors (Lipinski definition) is 1. The summed E-state index contributed by atoms with van der Waals surface area (Å²) in [6.45, 7) is 6.26. The average Bonchev–Trinajstić information content (AvgIpc) is 2.81. The van der Waals surface area contributed by atoms with Crippen molar-refractivity contribution in [3.8, 4) is 11.1 Å². The van der Waals surface area contributed by atoms with Gasteiger partial charge >= 0.3 is 0 Å². The summed E-state index contributed by atoms with van der Waals surface area (Å²) in [5.74, 6) is 0.758. The third kappa shape index (κ3) is 3.19. The van der Waals surface area contributed by atoms with Crippen molar-refractivity contribution in [2.24, 2.45) is 0 Å². The lowest BCUT2D eigenvalue weighted by Gasteiger charge is -2.22. The highest BCUT2D eigenvalue weighted by molar-refractivity contribution is 7.17. The maximum absolute atomic E-state index is 6.06. The number of hydrogen-bond acceptors (Lipinski definition) is 4. The molecule has 0 aliphatic carbocycles. The highest BCUT2D eigenvalue weighted by atomic mass is 35.5. The molecule has 3 nitrogen and oxygen atoms in total. The fourth-order valence-electron chi connectivity index (χ4n) is 2.20. The Labute approximate surface area is 143 Å². The summed E-state index contributed by atoms with van der Waals surface area (Å²) in [4.78, 5) is 9.60. The van der Waals surface area contributed by atoms with E-state index in [4.69, 9.17) is 23.2 Å². The van der Waals surface area contributed by atoms with Gasteiger partial charge in [0.05, 0.1) is 5.39 Å². The Balaban J connectivity index is 2.22. The lowest BCUT2D eigenvalue weighted by Crippen LogP contribution is -2.26. The Kier molecular flexibility index (Phi) is 4.02. The molecule has 1 N–H and O–H groups in total. The Hall–Kier alpha value is -1.36. The number of fused-ring (bicyclic) bond motifs is 1. The molecular weight excluding hydrogens is 337 g/mol. The van der Waals surface area contributed by atoms with Crippen molar-refractivity contribution in [3.63, 3.8) is 0 Å². The number of nitrogens with one attached hydrogen (secondary N) is 1. The normalized spacial score (nSPS) is 11.9. The summed E-state index contributed by atoms with van der Waals surface area (Å²) in [5.41, 5.74) is 2.04. The molecule has 22 heavy (non-hydrogen) atoms. The predicted molar refractivity (Wildman–Crippen MR) is 96.2 cm³/mol. The van der Waals surface area contributed by atoms with Crippen molar-refractivity contribution in [1.29, 1.82) is 0 Å². The molecule has 0 spiro atoms. The fraction of sp³-hybridized carbons (Fsp3) is 0.250. The van der Waals surface area contributed by atoms with Crippen LogP contribution in [0.3, 0.4) is 0 Å². The molecule has 3 aromatic rings. The lowest BCUT2D eigenvalue weighted by molar-refractivity contribution is 0.631. The molecule has 0 saturated heterocycles. The van der Waals surface area contributed by atoms with E-state index in [2.05, 4.69) is 41.4 Å². The Bertz CT molecular complexity index is 820. The van der Waals surface area contributed by atoms with Gasteiger partial charge in [0.1, 0.15) is 10.6 Å². The second-order valence-electron chi connectivity index (χ2n) is 6.05. The van der Waals surface area contributed by atoms with Crippen molar-refractivity contribution in [1.82, 2.24) is 9.97 Å². The van der Waals surface area contributed by atoms with Gasteiger partial charge < -0.3 is 5.32 Å². The molecule has 0 bridgehead atoms. The molecule has 114 valence electrons.